The molecule has 4 N–H and O–H groups in total. The van der Waals surface area contributed by atoms with Crippen molar-refractivity contribution in [2.75, 3.05) is 0 Å². The van der Waals surface area contributed by atoms with Crippen LogP contribution in [0.15, 0.2) is 60.7 Å². The Kier molecular flexibility index (Phi) is 4.19. The molecule has 6 nitrogen and oxygen atoms in total. The first-order valence-electron chi connectivity index (χ1n) is 5.49. The maximum atomic E-state index is 11.8. The second-order valence-corrected chi connectivity index (χ2v) is 5.39. The fraction of sp³-hybridized carbons (Fsp3) is 0. The van der Waals surface area contributed by atoms with Gasteiger partial charge in [-0.2, -0.15) is 0 Å². The van der Waals surface area contributed by atoms with Gasteiger partial charge in [-0.1, -0.05) is 36.4 Å². The standard InChI is InChI=1S/C12H14N3O3P/c13-19(14,16)15(17-11-7-3-1-4-8-11)18-12-9-5-2-6-10-12/h1-10H,(H4,13,14,16). The van der Waals surface area contributed by atoms with Gasteiger partial charge in [-0.3, -0.25) is 15.6 Å². The van der Waals surface area contributed by atoms with Gasteiger partial charge in [0.15, 0.2) is 11.5 Å². The third kappa shape index (κ3) is 4.08. The molecule has 100 valence electrons. The van der Waals surface area contributed by atoms with E-state index in [9.17, 15) is 4.57 Å². The summed E-state index contributed by atoms with van der Waals surface area (Å²) in [6, 6.07) is 17.3. The second kappa shape index (κ2) is 5.86. The Morgan fingerprint density at radius 1 is 0.789 bits per heavy atom. The molecular weight excluding hydrogens is 265 g/mol. The van der Waals surface area contributed by atoms with Gasteiger partial charge < -0.3 is 9.68 Å². The van der Waals surface area contributed by atoms with Crippen molar-refractivity contribution in [3.8, 4) is 11.5 Å². The highest BCUT2D eigenvalue weighted by Crippen LogP contribution is 2.33. The summed E-state index contributed by atoms with van der Waals surface area (Å²) in [4.78, 5) is 11.2. The van der Waals surface area contributed by atoms with Crippen molar-refractivity contribution in [2.45, 2.75) is 0 Å². The lowest BCUT2D eigenvalue weighted by Crippen LogP contribution is -2.34. The van der Waals surface area contributed by atoms with Crippen LogP contribution in [0.25, 0.3) is 0 Å². The summed E-state index contributed by atoms with van der Waals surface area (Å²) in [6.07, 6.45) is 0. The van der Waals surface area contributed by atoms with Gasteiger partial charge in [0.25, 0.3) is 0 Å². The van der Waals surface area contributed by atoms with Crippen LogP contribution in [0.4, 0.5) is 0 Å². The maximum Gasteiger partial charge on any atom is 0.347 e. The van der Waals surface area contributed by atoms with E-state index in [1.807, 2.05) is 12.1 Å². The van der Waals surface area contributed by atoms with E-state index >= 15 is 0 Å². The number of benzene rings is 2. The van der Waals surface area contributed by atoms with E-state index in [-0.39, 0.29) is 0 Å². The zero-order chi connectivity index (χ0) is 13.7. The molecule has 0 aliphatic heterocycles. The Morgan fingerprint density at radius 2 is 1.16 bits per heavy atom. The van der Waals surface area contributed by atoms with Gasteiger partial charge in [-0.05, 0) is 24.3 Å². The predicted molar refractivity (Wildman–Crippen MR) is 72.0 cm³/mol. The maximum absolute atomic E-state index is 11.8. The van der Waals surface area contributed by atoms with Crippen LogP contribution in [-0.4, -0.2) is 5.00 Å². The van der Waals surface area contributed by atoms with Crippen LogP contribution in [0, 0.1) is 0 Å². The van der Waals surface area contributed by atoms with Crippen molar-refractivity contribution in [1.82, 2.24) is 5.00 Å². The molecule has 2 rings (SSSR count). The third-order valence-electron chi connectivity index (χ3n) is 2.11. The van der Waals surface area contributed by atoms with Crippen LogP contribution >= 0.6 is 7.59 Å². The number of hydrogen-bond acceptors (Lipinski definition) is 3. The van der Waals surface area contributed by atoms with E-state index in [4.69, 9.17) is 20.7 Å². The molecule has 0 saturated carbocycles. The van der Waals surface area contributed by atoms with Gasteiger partial charge >= 0.3 is 7.59 Å². The van der Waals surface area contributed by atoms with Crippen LogP contribution in [0.1, 0.15) is 0 Å². The Hall–Kier alpha value is -1.85. The minimum atomic E-state index is -3.72. The summed E-state index contributed by atoms with van der Waals surface area (Å²) in [5.41, 5.74) is 10.8. The summed E-state index contributed by atoms with van der Waals surface area (Å²) in [5.74, 6) is 0.823. The van der Waals surface area contributed by atoms with Crippen LogP contribution in [0.5, 0.6) is 11.5 Å². The van der Waals surface area contributed by atoms with Gasteiger partial charge in [-0.25, -0.2) is 0 Å². The molecule has 0 heterocycles. The Labute approximate surface area is 111 Å². The van der Waals surface area contributed by atoms with Crippen molar-refractivity contribution in [1.29, 1.82) is 0 Å². The van der Waals surface area contributed by atoms with E-state index in [2.05, 4.69) is 0 Å². The third-order valence-corrected chi connectivity index (χ3v) is 2.78. The molecule has 0 atom stereocenters. The lowest BCUT2D eigenvalue weighted by molar-refractivity contribution is -0.178. The molecule has 0 aromatic heterocycles. The van der Waals surface area contributed by atoms with Crippen molar-refractivity contribution in [3.05, 3.63) is 60.7 Å². The first-order valence-corrected chi connectivity index (χ1v) is 7.29. The highest BCUT2D eigenvalue weighted by Gasteiger charge is 2.26. The highest BCUT2D eigenvalue weighted by molar-refractivity contribution is 7.56. The fourth-order valence-electron chi connectivity index (χ4n) is 1.29. The predicted octanol–water partition coefficient (Wildman–Crippen LogP) is 2.30. The minimum absolute atomic E-state index is 0.412. The molecule has 0 aliphatic carbocycles. The van der Waals surface area contributed by atoms with Gasteiger partial charge in [0.2, 0.25) is 0 Å². The number of rotatable bonds is 5. The Bertz CT molecular complexity index is 517. The molecule has 7 heteroatoms. The quantitative estimate of drug-likeness (QED) is 0.644. The number of nitrogens with zero attached hydrogens (tertiary/aromatic N) is 1. The molecule has 0 amide bonds. The highest BCUT2D eigenvalue weighted by atomic mass is 31.2. The zero-order valence-corrected chi connectivity index (χ0v) is 10.9. The number of para-hydroxylation sites is 2. The van der Waals surface area contributed by atoms with E-state index in [0.717, 1.165) is 0 Å². The van der Waals surface area contributed by atoms with Gasteiger partial charge in [-0.15, -0.1) is 0 Å². The smallest absolute Gasteiger partial charge is 0.347 e. The van der Waals surface area contributed by atoms with Crippen molar-refractivity contribution >= 4 is 7.59 Å². The van der Waals surface area contributed by atoms with Gasteiger partial charge in [0, 0.05) is 0 Å². The summed E-state index contributed by atoms with van der Waals surface area (Å²) in [6.45, 7) is 0. The lowest BCUT2D eigenvalue weighted by atomic mass is 10.3. The van der Waals surface area contributed by atoms with Crippen LogP contribution in [-0.2, 0) is 4.57 Å². The molecule has 2 aromatic rings. The Balaban J connectivity index is 2.16. The monoisotopic (exact) mass is 279 g/mol. The summed E-state index contributed by atoms with van der Waals surface area (Å²) >= 11 is 0. The average Bonchev–Trinajstić information content (AvgIpc) is 2.39. The molecular formula is C12H14N3O3P. The van der Waals surface area contributed by atoms with E-state index in [0.29, 0.717) is 16.5 Å². The molecule has 0 radical (unpaired) electrons. The molecule has 19 heavy (non-hydrogen) atoms. The SMILES string of the molecule is NP(N)(=O)N(Oc1ccccc1)Oc1ccccc1. The fourth-order valence-corrected chi connectivity index (χ4v) is 1.73. The summed E-state index contributed by atoms with van der Waals surface area (Å²) in [5, 5.41) is 0. The molecule has 0 bridgehead atoms. The molecule has 0 aliphatic rings. The largest absolute Gasteiger partial charge is 0.363 e. The van der Waals surface area contributed by atoms with Crippen LogP contribution in [0.3, 0.4) is 0 Å². The van der Waals surface area contributed by atoms with Crippen LogP contribution < -0.4 is 20.7 Å². The van der Waals surface area contributed by atoms with Crippen molar-refractivity contribution in [3.63, 3.8) is 0 Å². The second-order valence-electron chi connectivity index (χ2n) is 3.72. The first-order chi connectivity index (χ1) is 9.05. The van der Waals surface area contributed by atoms with Crippen LogP contribution in [0.2, 0.25) is 0 Å². The van der Waals surface area contributed by atoms with E-state index < -0.39 is 7.59 Å². The molecule has 0 fully saturated rings. The van der Waals surface area contributed by atoms with Crippen molar-refractivity contribution < 1.29 is 14.2 Å². The van der Waals surface area contributed by atoms with E-state index in [1.165, 1.54) is 0 Å². The zero-order valence-electron chi connectivity index (χ0n) is 10.0. The van der Waals surface area contributed by atoms with E-state index in [1.54, 1.807) is 48.5 Å². The normalized spacial score (nSPS) is 11.3. The van der Waals surface area contributed by atoms with Gasteiger partial charge in [0.05, 0.1) is 0 Å². The summed E-state index contributed by atoms with van der Waals surface area (Å²) < 4.78 is 11.8. The van der Waals surface area contributed by atoms with Crippen molar-refractivity contribution in [2.24, 2.45) is 11.0 Å². The number of nitrogens with two attached hydrogens (primary N) is 2. The Morgan fingerprint density at radius 3 is 1.47 bits per heavy atom. The topological polar surface area (TPSA) is 90.8 Å². The molecule has 0 unspecified atom stereocenters. The lowest BCUT2D eigenvalue weighted by Gasteiger charge is -2.23. The number of hydrogen-bond donors (Lipinski definition) is 2. The summed E-state index contributed by atoms with van der Waals surface area (Å²) in [7, 11) is -3.72. The molecule has 0 spiro atoms. The minimum Gasteiger partial charge on any atom is -0.363 e. The van der Waals surface area contributed by atoms with Gasteiger partial charge in [0.1, 0.15) is 5.00 Å². The first kappa shape index (κ1) is 13.6. The molecule has 2 aromatic carbocycles. The molecule has 0 saturated heterocycles. The average molecular weight is 279 g/mol.